The zero-order valence-corrected chi connectivity index (χ0v) is 46.2. The van der Waals surface area contributed by atoms with Gasteiger partial charge in [-0.15, -0.1) is 0 Å². The zero-order chi connectivity index (χ0) is 55.9. The average Bonchev–Trinajstić information content (AvgIpc) is 4.05. The summed E-state index contributed by atoms with van der Waals surface area (Å²) in [5.74, 6) is 0. The van der Waals surface area contributed by atoms with E-state index in [4.69, 9.17) is 44.2 Å². The van der Waals surface area contributed by atoms with E-state index < -0.39 is 34.8 Å². The second kappa shape index (κ2) is 22.6. The summed E-state index contributed by atoms with van der Waals surface area (Å²) in [6.07, 6.45) is 13.4. The van der Waals surface area contributed by atoms with E-state index in [0.717, 1.165) is 55.9 Å². The summed E-state index contributed by atoms with van der Waals surface area (Å²) < 4.78 is 14.5. The van der Waals surface area contributed by atoms with Crippen LogP contribution in [0.1, 0.15) is 123 Å². The molecule has 4 aliphatic rings. The molecular formula is C60H69ClN12O6. The SMILES string of the molecule is C.[C-]#[N+]C(C)(C)OC(=O)N1CCN([C@H]2c3ccc(C)cc3C([C@](C)(O)c3cncn3C)=Cc3cccnc32)CC1.[C-]#[N+]C(C)(C)OC(=O)N1CCN([C@H]2c3ccc(Cl)cc3C([C@@](C)(O)c3cncn3C)=Cc3cccnc32)CC1. The number of nitrogens with zero attached hydrogens (tertiary/aromatic N) is 12. The van der Waals surface area contributed by atoms with Crippen molar-refractivity contribution in [3.05, 3.63) is 188 Å². The van der Waals surface area contributed by atoms with Crippen LogP contribution in [0.5, 0.6) is 0 Å². The number of aliphatic hydroxyl groups is 2. The van der Waals surface area contributed by atoms with E-state index in [1.807, 2.05) is 84.8 Å². The number of piperazine rings is 2. The fourth-order valence-electron chi connectivity index (χ4n) is 10.9. The van der Waals surface area contributed by atoms with Crippen molar-refractivity contribution in [1.29, 1.82) is 0 Å². The third-order valence-electron chi connectivity index (χ3n) is 15.0. The molecule has 4 aromatic heterocycles. The third-order valence-corrected chi connectivity index (χ3v) is 15.3. The first-order chi connectivity index (χ1) is 37.0. The van der Waals surface area contributed by atoms with Gasteiger partial charge < -0.3 is 38.6 Å². The lowest BCUT2D eigenvalue weighted by molar-refractivity contribution is 0.0228. The largest absolute Gasteiger partial charge is 0.415 e. The molecule has 18 nitrogen and oxygen atoms in total. The fourth-order valence-corrected chi connectivity index (χ4v) is 11.0. The Hall–Kier alpha value is -7.71. The topological polar surface area (TPSA) is 176 Å². The van der Waals surface area contributed by atoms with Gasteiger partial charge in [0.05, 0.1) is 87.6 Å². The standard InChI is InChI=1S/C30H34N6O3.C29H31ClN6O3.CH4/c1-20-9-10-22-23(16-20)24(30(4,38)25-18-32-19-34(25)6)17-21-8-7-11-33-26(21)27(22)35-12-14-36(15-13-35)28(37)39-29(2,3)31-5;1-28(2,31-4)39-27(37)36-13-11-35(12-14-36)26-21-9-8-20(30)16-22(21)23(15-19-7-6-10-33-25(19)26)29(3,38)24-17-32-18-34(24)5;/h7-11,16-19,27,38H,12-15H2,1-4,6H3;6-10,15-18,26,38H,11-14H2,1-3,5H3;1H4/t27-,30-;26-,29+;/m00./s1. The number of rotatable bonds is 8. The van der Waals surface area contributed by atoms with Crippen molar-refractivity contribution in [1.82, 2.24) is 48.7 Å². The molecule has 0 bridgehead atoms. The van der Waals surface area contributed by atoms with Crippen LogP contribution in [0.2, 0.25) is 5.02 Å². The Bertz CT molecular complexity index is 3180. The van der Waals surface area contributed by atoms with Crippen LogP contribution < -0.4 is 0 Å². The number of fused-ring (bicyclic) bond motifs is 4. The first-order valence-electron chi connectivity index (χ1n) is 25.9. The van der Waals surface area contributed by atoms with Gasteiger partial charge in [-0.3, -0.25) is 29.5 Å². The van der Waals surface area contributed by atoms with Crippen LogP contribution in [0, 0.1) is 20.1 Å². The van der Waals surface area contributed by atoms with Crippen LogP contribution in [0.3, 0.4) is 0 Å². The molecule has 2 aliphatic carbocycles. The van der Waals surface area contributed by atoms with Crippen LogP contribution in [-0.4, -0.2) is 135 Å². The van der Waals surface area contributed by atoms with Gasteiger partial charge in [0.15, 0.2) is 0 Å². The van der Waals surface area contributed by atoms with E-state index in [-0.39, 0.29) is 19.5 Å². The maximum Gasteiger partial charge on any atom is 0.415 e. The van der Waals surface area contributed by atoms with E-state index in [9.17, 15) is 19.8 Å². The fraction of sp³-hybridized carbons (Fsp3) is 0.400. The molecule has 2 saturated heterocycles. The van der Waals surface area contributed by atoms with Crippen molar-refractivity contribution in [3.63, 3.8) is 0 Å². The van der Waals surface area contributed by atoms with E-state index >= 15 is 0 Å². The molecule has 412 valence electrons. The quantitative estimate of drug-likeness (QED) is 0.138. The summed E-state index contributed by atoms with van der Waals surface area (Å²) in [7, 11) is 3.74. The number of carbonyl (C=O) groups is 2. The number of hydrogen-bond donors (Lipinski definition) is 2. The van der Waals surface area contributed by atoms with Gasteiger partial charge in [-0.25, -0.2) is 32.7 Å². The Morgan fingerprint density at radius 1 is 0.633 bits per heavy atom. The van der Waals surface area contributed by atoms with Crippen LogP contribution in [0.15, 0.2) is 98.1 Å². The van der Waals surface area contributed by atoms with Crippen molar-refractivity contribution < 1.29 is 29.3 Å². The number of halogens is 1. The predicted molar refractivity (Wildman–Crippen MR) is 303 cm³/mol. The lowest BCUT2D eigenvalue weighted by Crippen LogP contribution is -2.51. The lowest BCUT2D eigenvalue weighted by atomic mass is 9.83. The molecule has 19 heteroatoms. The highest BCUT2D eigenvalue weighted by Gasteiger charge is 2.43. The minimum Gasteiger partial charge on any atom is -0.379 e. The van der Waals surface area contributed by atoms with Gasteiger partial charge in [-0.1, -0.05) is 61.0 Å². The second-order valence-electron chi connectivity index (χ2n) is 21.5. The van der Waals surface area contributed by atoms with E-state index in [1.54, 1.807) is 81.9 Å². The molecule has 0 unspecified atom stereocenters. The number of hydrogen-bond acceptors (Lipinski definition) is 12. The van der Waals surface area contributed by atoms with Gasteiger partial charge in [0, 0.05) is 83.9 Å². The molecule has 10 rings (SSSR count). The molecule has 2 fully saturated rings. The Kier molecular flexibility index (Phi) is 16.4. The molecule has 79 heavy (non-hydrogen) atoms. The van der Waals surface area contributed by atoms with E-state index in [1.165, 1.54) is 0 Å². The minimum absolute atomic E-state index is 0. The number of benzene rings is 2. The molecule has 4 atom stereocenters. The Morgan fingerprint density at radius 2 is 1.04 bits per heavy atom. The summed E-state index contributed by atoms with van der Waals surface area (Å²) in [6, 6.07) is 19.5. The molecule has 2 aliphatic heterocycles. The summed E-state index contributed by atoms with van der Waals surface area (Å²) in [4.78, 5) is 58.3. The molecule has 0 saturated carbocycles. The summed E-state index contributed by atoms with van der Waals surface area (Å²) >= 11 is 6.53. The Labute approximate surface area is 467 Å². The first kappa shape index (κ1) is 57.5. The number of carbonyl (C=O) groups excluding carboxylic acids is 2. The molecule has 0 spiro atoms. The van der Waals surface area contributed by atoms with Gasteiger partial charge in [0.1, 0.15) is 11.2 Å². The number of aromatic nitrogens is 6. The highest BCUT2D eigenvalue weighted by Crippen LogP contribution is 2.48. The number of amides is 2. The molecule has 6 aromatic rings. The van der Waals surface area contributed by atoms with Crippen LogP contribution in [0.4, 0.5) is 9.59 Å². The average molecular weight is 1090 g/mol. The minimum atomic E-state index is -1.37. The predicted octanol–water partition coefficient (Wildman–Crippen LogP) is 9.75. The van der Waals surface area contributed by atoms with Crippen molar-refractivity contribution in [2.75, 3.05) is 52.4 Å². The van der Waals surface area contributed by atoms with Gasteiger partial charge >= 0.3 is 23.6 Å². The maximum absolute atomic E-state index is 12.7. The molecule has 6 heterocycles. The highest BCUT2D eigenvalue weighted by molar-refractivity contribution is 6.30. The summed E-state index contributed by atoms with van der Waals surface area (Å²) in [6.45, 7) is 30.7. The van der Waals surface area contributed by atoms with Crippen molar-refractivity contribution >= 4 is 47.1 Å². The smallest absolute Gasteiger partial charge is 0.379 e. The van der Waals surface area contributed by atoms with Crippen molar-refractivity contribution in [2.45, 2.75) is 90.6 Å². The number of imidazole rings is 2. The van der Waals surface area contributed by atoms with Crippen molar-refractivity contribution in [3.8, 4) is 0 Å². The number of ether oxygens (including phenoxy) is 2. The van der Waals surface area contributed by atoms with Crippen LogP contribution in [0.25, 0.3) is 33.0 Å². The summed E-state index contributed by atoms with van der Waals surface area (Å²) in [5, 5.41) is 24.6. The van der Waals surface area contributed by atoms with Gasteiger partial charge in [-0.05, 0) is 102 Å². The van der Waals surface area contributed by atoms with Gasteiger partial charge in [0.2, 0.25) is 0 Å². The first-order valence-corrected chi connectivity index (χ1v) is 26.3. The van der Waals surface area contributed by atoms with Crippen LogP contribution >= 0.6 is 11.6 Å². The normalized spacial score (nSPS) is 18.9. The zero-order valence-electron chi connectivity index (χ0n) is 45.5. The highest BCUT2D eigenvalue weighted by atomic mass is 35.5. The number of pyridine rings is 2. The second-order valence-corrected chi connectivity index (χ2v) is 22.0. The summed E-state index contributed by atoms with van der Waals surface area (Å²) in [5.41, 5.74) is 6.26. The van der Waals surface area contributed by atoms with E-state index in [0.29, 0.717) is 74.3 Å². The lowest BCUT2D eigenvalue weighted by Gasteiger charge is -2.39. The van der Waals surface area contributed by atoms with E-state index in [2.05, 4.69) is 54.6 Å². The molecule has 2 amide bonds. The molecule has 2 N–H and O–H groups in total. The van der Waals surface area contributed by atoms with Crippen molar-refractivity contribution in [2.24, 2.45) is 14.1 Å². The molecular weight excluding hydrogens is 1020 g/mol. The molecule has 2 aromatic carbocycles. The Morgan fingerprint density at radius 3 is 1.43 bits per heavy atom. The van der Waals surface area contributed by atoms with Gasteiger partial charge in [-0.2, -0.15) is 0 Å². The van der Waals surface area contributed by atoms with Gasteiger partial charge in [0.25, 0.3) is 0 Å². The number of aryl methyl sites for hydroxylation is 3. The Balaban J connectivity index is 0.000000205. The maximum atomic E-state index is 12.7. The van der Waals surface area contributed by atoms with Crippen LogP contribution in [-0.2, 0) is 34.8 Å². The third kappa shape index (κ3) is 11.6. The monoisotopic (exact) mass is 1090 g/mol. The molecule has 0 radical (unpaired) electrons.